The van der Waals surface area contributed by atoms with E-state index in [4.69, 9.17) is 16.3 Å². The van der Waals surface area contributed by atoms with Gasteiger partial charge in [0, 0.05) is 25.7 Å². The fourth-order valence-electron chi connectivity index (χ4n) is 3.06. The third kappa shape index (κ3) is 6.76. The second kappa shape index (κ2) is 10.8. The second-order valence-corrected chi connectivity index (χ2v) is 9.38. The van der Waals surface area contributed by atoms with Crippen LogP contribution in [0.5, 0.6) is 11.5 Å². The average molecular weight is 527 g/mol. The van der Waals surface area contributed by atoms with Crippen LogP contribution in [0.4, 0.5) is 4.39 Å². The Bertz CT molecular complexity index is 1410. The van der Waals surface area contributed by atoms with Crippen LogP contribution in [0.3, 0.4) is 0 Å². The lowest BCUT2D eigenvalue weighted by Gasteiger charge is -2.21. The van der Waals surface area contributed by atoms with Gasteiger partial charge in [0.1, 0.15) is 28.5 Å². The number of aromatic amines is 1. The molecule has 0 aliphatic carbocycles. The highest BCUT2D eigenvalue weighted by Crippen LogP contribution is 2.23. The number of carbonyl (C=O) groups is 1. The quantitative estimate of drug-likeness (QED) is 0.281. The van der Waals surface area contributed by atoms with Crippen LogP contribution < -0.4 is 20.7 Å². The molecule has 0 aliphatic rings. The molecule has 35 heavy (non-hydrogen) atoms. The Balaban J connectivity index is 1.70. The number of ether oxygens (including phenoxy) is 1. The summed E-state index contributed by atoms with van der Waals surface area (Å²) in [4.78, 5) is 38.4. The van der Waals surface area contributed by atoms with E-state index < -0.39 is 39.0 Å². The van der Waals surface area contributed by atoms with Crippen molar-refractivity contribution in [1.29, 1.82) is 0 Å². The maximum absolute atomic E-state index is 13.3. The number of amides is 1. The van der Waals surface area contributed by atoms with Crippen molar-refractivity contribution in [2.75, 3.05) is 7.05 Å². The zero-order valence-corrected chi connectivity index (χ0v) is 19.7. The largest absolute Gasteiger partial charge is 0.457 e. The first-order valence-corrected chi connectivity index (χ1v) is 11.8. The number of hydroxylamine groups is 2. The van der Waals surface area contributed by atoms with Gasteiger partial charge in [-0.2, -0.15) is 5.06 Å². The van der Waals surface area contributed by atoms with Crippen LogP contribution in [0.25, 0.3) is 0 Å². The number of benzene rings is 2. The van der Waals surface area contributed by atoms with Gasteiger partial charge in [-0.15, -0.1) is 0 Å². The molecule has 0 radical (unpaired) electrons. The molecule has 1 amide bonds. The zero-order chi connectivity index (χ0) is 25.8. The standard InChI is InChI=1S/C21H20ClFN4O7S/c1-26(31)17(9-10-27-19(28)12-18(22)24-21(27)30)20(29)25-35(32,33)16-7-5-14(6-8-16)34-15-4-2-3-13(23)11-15/h2-8,11-12,17,31H,9-10H2,1H3,(H,24,30)(H,25,29)/t17-/m0/s1. The molecular weight excluding hydrogens is 507 g/mol. The summed E-state index contributed by atoms with van der Waals surface area (Å²) in [6.45, 7) is -0.305. The lowest BCUT2D eigenvalue weighted by atomic mass is 10.2. The number of carbonyl (C=O) groups excluding carboxylic acids is 1. The third-order valence-corrected chi connectivity index (χ3v) is 6.33. The summed E-state index contributed by atoms with van der Waals surface area (Å²) in [6.07, 6.45) is -0.278. The number of hydrogen-bond donors (Lipinski definition) is 3. The normalized spacial score (nSPS) is 12.4. The number of nitrogens with zero attached hydrogens (tertiary/aromatic N) is 2. The Hall–Kier alpha value is -3.52. The summed E-state index contributed by atoms with van der Waals surface area (Å²) < 4.78 is 46.6. The van der Waals surface area contributed by atoms with Crippen LogP contribution in [0.15, 0.2) is 69.1 Å². The molecule has 2 aromatic carbocycles. The minimum Gasteiger partial charge on any atom is -0.457 e. The van der Waals surface area contributed by atoms with E-state index in [0.29, 0.717) is 5.06 Å². The molecule has 0 saturated carbocycles. The van der Waals surface area contributed by atoms with Gasteiger partial charge in [-0.3, -0.25) is 19.1 Å². The van der Waals surface area contributed by atoms with Crippen molar-refractivity contribution in [3.63, 3.8) is 0 Å². The van der Waals surface area contributed by atoms with Crippen LogP contribution in [-0.2, 0) is 21.4 Å². The molecule has 3 aromatic rings. The highest BCUT2D eigenvalue weighted by atomic mass is 35.5. The molecular formula is C21H20ClFN4O7S. The van der Waals surface area contributed by atoms with Gasteiger partial charge in [0.2, 0.25) is 0 Å². The summed E-state index contributed by atoms with van der Waals surface area (Å²) in [6, 6.07) is 9.91. The van der Waals surface area contributed by atoms with Crippen molar-refractivity contribution in [1.82, 2.24) is 19.3 Å². The second-order valence-electron chi connectivity index (χ2n) is 7.29. The number of rotatable bonds is 9. The van der Waals surface area contributed by atoms with Gasteiger partial charge in [0.15, 0.2) is 0 Å². The molecule has 0 saturated heterocycles. The van der Waals surface area contributed by atoms with Crippen molar-refractivity contribution in [3.8, 4) is 11.5 Å². The highest BCUT2D eigenvalue weighted by Gasteiger charge is 2.27. The molecule has 1 atom stereocenters. The van der Waals surface area contributed by atoms with E-state index in [0.717, 1.165) is 23.7 Å². The summed E-state index contributed by atoms with van der Waals surface area (Å²) in [5.74, 6) is -1.15. The monoisotopic (exact) mass is 526 g/mol. The molecule has 14 heteroatoms. The predicted octanol–water partition coefficient (Wildman–Crippen LogP) is 1.71. The van der Waals surface area contributed by atoms with E-state index in [-0.39, 0.29) is 34.5 Å². The summed E-state index contributed by atoms with van der Waals surface area (Å²) in [5, 5.41) is 10.2. The Labute approximate surface area is 203 Å². The van der Waals surface area contributed by atoms with E-state index in [9.17, 15) is 32.4 Å². The van der Waals surface area contributed by atoms with Gasteiger partial charge in [0.25, 0.3) is 21.5 Å². The van der Waals surface area contributed by atoms with Crippen molar-refractivity contribution in [3.05, 3.63) is 86.4 Å². The molecule has 186 valence electrons. The van der Waals surface area contributed by atoms with E-state index >= 15 is 0 Å². The Morgan fingerprint density at radius 3 is 2.49 bits per heavy atom. The van der Waals surface area contributed by atoms with Gasteiger partial charge in [-0.25, -0.2) is 22.3 Å². The minimum atomic E-state index is -4.35. The fraction of sp³-hybridized carbons (Fsp3) is 0.190. The smallest absolute Gasteiger partial charge is 0.329 e. The lowest BCUT2D eigenvalue weighted by molar-refractivity contribution is -0.146. The van der Waals surface area contributed by atoms with Crippen LogP contribution in [0, 0.1) is 5.82 Å². The van der Waals surface area contributed by atoms with Gasteiger partial charge in [0.05, 0.1) is 4.90 Å². The third-order valence-electron chi connectivity index (χ3n) is 4.77. The topological polar surface area (TPSA) is 151 Å². The van der Waals surface area contributed by atoms with Gasteiger partial charge in [-0.1, -0.05) is 17.7 Å². The Kier molecular flexibility index (Phi) is 8.07. The zero-order valence-electron chi connectivity index (χ0n) is 18.1. The van der Waals surface area contributed by atoms with Gasteiger partial charge >= 0.3 is 5.69 Å². The number of nitrogens with one attached hydrogen (secondary N) is 2. The number of hydrogen-bond acceptors (Lipinski definition) is 8. The molecule has 0 bridgehead atoms. The summed E-state index contributed by atoms with van der Waals surface area (Å²) in [7, 11) is -3.23. The number of likely N-dealkylation sites (N-methyl/N-ethyl adjacent to an activating group) is 1. The van der Waals surface area contributed by atoms with Crippen LogP contribution in [0.1, 0.15) is 6.42 Å². The molecule has 3 N–H and O–H groups in total. The first kappa shape index (κ1) is 26.1. The molecule has 0 unspecified atom stereocenters. The SMILES string of the molecule is CN(O)[C@@H](CCn1c(=O)cc(Cl)[nH]c1=O)C(=O)NS(=O)(=O)c1ccc(Oc2cccc(F)c2)cc1. The van der Waals surface area contributed by atoms with E-state index in [1.54, 1.807) is 0 Å². The molecule has 0 fully saturated rings. The van der Waals surface area contributed by atoms with Gasteiger partial charge in [-0.05, 0) is 42.8 Å². The van der Waals surface area contributed by atoms with Crippen LogP contribution >= 0.6 is 11.6 Å². The number of sulfonamides is 1. The minimum absolute atomic E-state index is 0.164. The van der Waals surface area contributed by atoms with Crippen molar-refractivity contribution >= 4 is 27.5 Å². The van der Waals surface area contributed by atoms with Gasteiger partial charge < -0.3 is 9.94 Å². The van der Waals surface area contributed by atoms with Crippen LogP contribution in [0.2, 0.25) is 5.15 Å². The molecule has 0 spiro atoms. The van der Waals surface area contributed by atoms with E-state index in [2.05, 4.69) is 4.98 Å². The predicted molar refractivity (Wildman–Crippen MR) is 123 cm³/mol. The summed E-state index contributed by atoms with van der Waals surface area (Å²) in [5.41, 5.74) is -1.55. The number of aromatic nitrogens is 2. The highest BCUT2D eigenvalue weighted by molar-refractivity contribution is 7.90. The first-order valence-electron chi connectivity index (χ1n) is 9.98. The van der Waals surface area contributed by atoms with Crippen molar-refractivity contribution < 1.29 is 27.5 Å². The lowest BCUT2D eigenvalue weighted by Crippen LogP contribution is -2.47. The van der Waals surface area contributed by atoms with Crippen LogP contribution in [-0.4, -0.2) is 47.2 Å². The maximum Gasteiger partial charge on any atom is 0.329 e. The Morgan fingerprint density at radius 2 is 1.89 bits per heavy atom. The first-order chi connectivity index (χ1) is 16.5. The van der Waals surface area contributed by atoms with Crippen molar-refractivity contribution in [2.24, 2.45) is 0 Å². The number of H-pyrrole nitrogens is 1. The average Bonchev–Trinajstić information content (AvgIpc) is 2.75. The Morgan fingerprint density at radius 1 is 1.20 bits per heavy atom. The number of halogens is 2. The molecule has 3 rings (SSSR count). The molecule has 0 aliphatic heterocycles. The van der Waals surface area contributed by atoms with E-state index in [1.165, 1.54) is 42.5 Å². The molecule has 1 heterocycles. The summed E-state index contributed by atoms with van der Waals surface area (Å²) >= 11 is 5.60. The molecule has 11 nitrogen and oxygen atoms in total. The maximum atomic E-state index is 13.3. The van der Waals surface area contributed by atoms with E-state index in [1.807, 2.05) is 4.72 Å². The molecule has 1 aromatic heterocycles. The fourth-order valence-corrected chi connectivity index (χ4v) is 4.24. The van der Waals surface area contributed by atoms with Crippen molar-refractivity contribution in [2.45, 2.75) is 23.9 Å².